The highest BCUT2D eigenvalue weighted by Crippen LogP contribution is 2.12. The summed E-state index contributed by atoms with van der Waals surface area (Å²) in [5.74, 6) is -3.17. The fourth-order valence-corrected chi connectivity index (χ4v) is 1.96. The number of nitrogens with one attached hydrogen (secondary N) is 2. The van der Waals surface area contributed by atoms with Gasteiger partial charge in [-0.2, -0.15) is 0 Å². The molecule has 0 radical (unpaired) electrons. The third-order valence-corrected chi connectivity index (χ3v) is 3.13. The largest absolute Gasteiger partial charge is 0.481 e. The molecule has 2 amide bonds. The number of amides is 2. The van der Waals surface area contributed by atoms with Crippen molar-refractivity contribution in [1.29, 1.82) is 0 Å². The number of hydrogen-bond acceptors (Lipinski definition) is 4. The lowest BCUT2D eigenvalue weighted by atomic mass is 9.97. The Bertz CT molecular complexity index is 399. The molecule has 112 valence electrons. The van der Waals surface area contributed by atoms with E-state index in [4.69, 9.17) is 10.2 Å². The van der Waals surface area contributed by atoms with E-state index in [1.165, 1.54) is 0 Å². The van der Waals surface area contributed by atoms with Gasteiger partial charge in [-0.1, -0.05) is 0 Å². The van der Waals surface area contributed by atoms with Gasteiger partial charge in [0.25, 0.3) is 0 Å². The van der Waals surface area contributed by atoms with Crippen LogP contribution in [0, 0.1) is 5.92 Å². The van der Waals surface area contributed by atoms with Gasteiger partial charge >= 0.3 is 11.9 Å². The van der Waals surface area contributed by atoms with Crippen molar-refractivity contribution in [3.05, 3.63) is 0 Å². The molecular weight excluding hydrogens is 268 g/mol. The van der Waals surface area contributed by atoms with E-state index in [9.17, 15) is 19.2 Å². The van der Waals surface area contributed by atoms with E-state index in [1.54, 1.807) is 0 Å². The SMILES string of the molecule is O=C(O)CCC[C@@H](NC(=O)C1CCC(=O)NC1)C(=O)O. The van der Waals surface area contributed by atoms with E-state index < -0.39 is 29.8 Å². The number of carboxylic acids is 2. The van der Waals surface area contributed by atoms with Gasteiger partial charge in [0.2, 0.25) is 11.8 Å². The number of rotatable bonds is 7. The molecule has 0 spiro atoms. The van der Waals surface area contributed by atoms with Crippen LogP contribution in [0.25, 0.3) is 0 Å². The molecule has 0 saturated carbocycles. The number of piperidine rings is 1. The Hall–Kier alpha value is -2.12. The predicted octanol–water partition coefficient (Wildman–Crippen LogP) is -0.663. The van der Waals surface area contributed by atoms with Crippen LogP contribution in [-0.4, -0.2) is 46.6 Å². The first kappa shape index (κ1) is 15.9. The molecule has 1 fully saturated rings. The van der Waals surface area contributed by atoms with Crippen LogP contribution in [0.1, 0.15) is 32.1 Å². The molecule has 0 aromatic rings. The maximum Gasteiger partial charge on any atom is 0.326 e. The van der Waals surface area contributed by atoms with Gasteiger partial charge < -0.3 is 20.8 Å². The summed E-state index contributed by atoms with van der Waals surface area (Å²) in [6, 6.07) is -1.10. The van der Waals surface area contributed by atoms with Crippen molar-refractivity contribution >= 4 is 23.8 Å². The molecule has 8 heteroatoms. The number of carbonyl (C=O) groups excluding carboxylic acids is 2. The smallest absolute Gasteiger partial charge is 0.326 e. The molecular formula is C12H18N2O6. The zero-order valence-electron chi connectivity index (χ0n) is 10.9. The topological polar surface area (TPSA) is 133 Å². The van der Waals surface area contributed by atoms with Crippen LogP contribution in [-0.2, 0) is 19.2 Å². The molecule has 1 aliphatic rings. The van der Waals surface area contributed by atoms with E-state index in [-0.39, 0.29) is 38.1 Å². The first-order chi connectivity index (χ1) is 9.40. The first-order valence-corrected chi connectivity index (χ1v) is 6.42. The standard InChI is InChI=1S/C12H18N2O6/c15-9-5-4-7(6-13-9)11(18)14-8(12(19)20)2-1-3-10(16)17/h7-8H,1-6H2,(H,13,15)(H,14,18)(H,16,17)(H,19,20)/t7?,8-/m1/s1. The Morgan fingerprint density at radius 1 is 1.35 bits per heavy atom. The summed E-state index contributed by atoms with van der Waals surface area (Å²) in [4.78, 5) is 44.2. The normalized spacial score (nSPS) is 19.8. The maximum atomic E-state index is 11.9. The summed E-state index contributed by atoms with van der Waals surface area (Å²) in [7, 11) is 0. The van der Waals surface area contributed by atoms with Crippen molar-refractivity contribution in [3.8, 4) is 0 Å². The van der Waals surface area contributed by atoms with Gasteiger partial charge in [0.05, 0.1) is 5.92 Å². The number of carbonyl (C=O) groups is 4. The van der Waals surface area contributed by atoms with Gasteiger partial charge in [-0.15, -0.1) is 0 Å². The van der Waals surface area contributed by atoms with E-state index in [1.807, 2.05) is 0 Å². The molecule has 1 unspecified atom stereocenters. The summed E-state index contributed by atoms with van der Waals surface area (Å²) in [6.07, 6.45) is 0.730. The fourth-order valence-electron chi connectivity index (χ4n) is 1.96. The van der Waals surface area contributed by atoms with E-state index >= 15 is 0 Å². The highest BCUT2D eigenvalue weighted by molar-refractivity contribution is 5.87. The summed E-state index contributed by atoms with van der Waals surface area (Å²) in [6.45, 7) is 0.201. The first-order valence-electron chi connectivity index (χ1n) is 6.42. The third-order valence-electron chi connectivity index (χ3n) is 3.13. The second kappa shape index (κ2) is 7.46. The maximum absolute atomic E-state index is 11.9. The Kier molecular flexibility index (Phi) is 5.95. The summed E-state index contributed by atoms with van der Waals surface area (Å²) in [5, 5.41) is 22.4. The molecule has 4 N–H and O–H groups in total. The van der Waals surface area contributed by atoms with Crippen LogP contribution in [0.5, 0.6) is 0 Å². The minimum Gasteiger partial charge on any atom is -0.481 e. The molecule has 1 rings (SSSR count). The van der Waals surface area contributed by atoms with Gasteiger partial charge in [-0.3, -0.25) is 14.4 Å². The fraction of sp³-hybridized carbons (Fsp3) is 0.667. The molecule has 20 heavy (non-hydrogen) atoms. The van der Waals surface area contributed by atoms with Crippen molar-refractivity contribution in [3.63, 3.8) is 0 Å². The Morgan fingerprint density at radius 3 is 2.55 bits per heavy atom. The molecule has 1 saturated heterocycles. The van der Waals surface area contributed by atoms with Gasteiger partial charge in [-0.05, 0) is 19.3 Å². The van der Waals surface area contributed by atoms with Gasteiger partial charge in [0.1, 0.15) is 6.04 Å². The summed E-state index contributed by atoms with van der Waals surface area (Å²) in [5.41, 5.74) is 0. The van der Waals surface area contributed by atoms with Gasteiger partial charge in [-0.25, -0.2) is 4.79 Å². The van der Waals surface area contributed by atoms with Crippen molar-refractivity contribution in [1.82, 2.24) is 10.6 Å². The minimum atomic E-state index is -1.19. The average Bonchev–Trinajstić information content (AvgIpc) is 2.37. The predicted molar refractivity (Wildman–Crippen MR) is 66.8 cm³/mol. The lowest BCUT2D eigenvalue weighted by molar-refractivity contribution is -0.143. The molecule has 8 nitrogen and oxygen atoms in total. The molecule has 0 aliphatic carbocycles. The van der Waals surface area contributed by atoms with Crippen LogP contribution < -0.4 is 10.6 Å². The van der Waals surface area contributed by atoms with Crippen molar-refractivity contribution < 1.29 is 29.4 Å². The highest BCUT2D eigenvalue weighted by atomic mass is 16.4. The van der Waals surface area contributed by atoms with Crippen LogP contribution in [0.2, 0.25) is 0 Å². The van der Waals surface area contributed by atoms with Crippen LogP contribution >= 0.6 is 0 Å². The van der Waals surface area contributed by atoms with Crippen molar-refractivity contribution in [2.75, 3.05) is 6.54 Å². The van der Waals surface area contributed by atoms with Crippen LogP contribution in [0.4, 0.5) is 0 Å². The summed E-state index contributed by atoms with van der Waals surface area (Å²) >= 11 is 0. The Balaban J connectivity index is 2.44. The van der Waals surface area contributed by atoms with Crippen LogP contribution in [0.15, 0.2) is 0 Å². The molecule has 1 heterocycles. The molecule has 1 aliphatic heterocycles. The van der Waals surface area contributed by atoms with E-state index in [2.05, 4.69) is 10.6 Å². The van der Waals surface area contributed by atoms with E-state index in [0.717, 1.165) is 0 Å². The van der Waals surface area contributed by atoms with Gasteiger partial charge in [0.15, 0.2) is 0 Å². The summed E-state index contributed by atoms with van der Waals surface area (Å²) < 4.78 is 0. The second-order valence-electron chi connectivity index (χ2n) is 4.73. The number of aliphatic carboxylic acids is 2. The van der Waals surface area contributed by atoms with E-state index in [0.29, 0.717) is 6.42 Å². The molecule has 2 atom stereocenters. The second-order valence-corrected chi connectivity index (χ2v) is 4.73. The van der Waals surface area contributed by atoms with Crippen molar-refractivity contribution in [2.45, 2.75) is 38.1 Å². The Labute approximate surface area is 115 Å². The molecule has 0 aromatic heterocycles. The zero-order valence-corrected chi connectivity index (χ0v) is 10.9. The Morgan fingerprint density at radius 2 is 2.05 bits per heavy atom. The van der Waals surface area contributed by atoms with Crippen molar-refractivity contribution in [2.24, 2.45) is 5.92 Å². The number of carboxylic acid groups (broad SMARTS) is 2. The quantitative estimate of drug-likeness (QED) is 0.491. The lowest BCUT2D eigenvalue weighted by Gasteiger charge is -2.23. The number of hydrogen-bond donors (Lipinski definition) is 4. The monoisotopic (exact) mass is 286 g/mol. The zero-order chi connectivity index (χ0) is 15.1. The lowest BCUT2D eigenvalue weighted by Crippen LogP contribution is -2.48. The van der Waals surface area contributed by atoms with Crippen LogP contribution in [0.3, 0.4) is 0 Å². The average molecular weight is 286 g/mol. The molecule has 0 bridgehead atoms. The highest BCUT2D eigenvalue weighted by Gasteiger charge is 2.28. The third kappa shape index (κ3) is 5.25. The van der Waals surface area contributed by atoms with Gasteiger partial charge in [0, 0.05) is 19.4 Å². The molecule has 0 aromatic carbocycles. The minimum absolute atomic E-state index is 0.0620.